The van der Waals surface area contributed by atoms with Crippen LogP contribution >= 0.6 is 23.8 Å². The van der Waals surface area contributed by atoms with Gasteiger partial charge in [-0.1, -0.05) is 11.6 Å². The van der Waals surface area contributed by atoms with Crippen LogP contribution in [0.5, 0.6) is 11.5 Å². The van der Waals surface area contributed by atoms with Crippen LogP contribution in [0.3, 0.4) is 0 Å². The van der Waals surface area contributed by atoms with Gasteiger partial charge in [0.2, 0.25) is 5.91 Å². The first-order valence-corrected chi connectivity index (χ1v) is 8.99. The lowest BCUT2D eigenvalue weighted by Gasteiger charge is -2.11. The lowest BCUT2D eigenvalue weighted by molar-refractivity contribution is -0.384. The number of nitro groups is 1. The Hall–Kier alpha value is -2.91. The van der Waals surface area contributed by atoms with Crippen LogP contribution in [0, 0.1) is 10.1 Å². The lowest BCUT2D eigenvalue weighted by Crippen LogP contribution is -2.34. The molecule has 0 aliphatic heterocycles. The van der Waals surface area contributed by atoms with Crippen molar-refractivity contribution in [2.45, 2.75) is 12.8 Å². The number of amides is 1. The number of benzene rings is 2. The Morgan fingerprint density at radius 2 is 1.89 bits per heavy atom. The molecule has 0 saturated carbocycles. The van der Waals surface area contributed by atoms with Crippen molar-refractivity contribution in [1.29, 1.82) is 0 Å². The predicted molar refractivity (Wildman–Crippen MR) is 110 cm³/mol. The number of rotatable bonds is 8. The maximum Gasteiger partial charge on any atom is 0.296 e. The zero-order valence-electron chi connectivity index (χ0n) is 14.9. The molecule has 0 saturated heterocycles. The smallest absolute Gasteiger partial charge is 0.296 e. The second-order valence-electron chi connectivity index (χ2n) is 5.55. The molecule has 0 unspecified atom stereocenters. The van der Waals surface area contributed by atoms with Gasteiger partial charge in [0.05, 0.1) is 24.7 Å². The molecule has 8 nitrogen and oxygen atoms in total. The number of nitro benzene ring substituents is 1. The molecule has 148 valence electrons. The van der Waals surface area contributed by atoms with Crippen molar-refractivity contribution in [3.63, 3.8) is 0 Å². The van der Waals surface area contributed by atoms with E-state index in [4.69, 9.17) is 33.3 Å². The third kappa shape index (κ3) is 6.67. The first-order chi connectivity index (χ1) is 13.4. The second kappa shape index (κ2) is 10.4. The Bertz CT molecular complexity index is 861. The van der Waals surface area contributed by atoms with Crippen LogP contribution in [0.1, 0.15) is 12.8 Å². The summed E-state index contributed by atoms with van der Waals surface area (Å²) in [5.74, 6) is 0.676. The quantitative estimate of drug-likeness (QED) is 0.287. The maximum absolute atomic E-state index is 12.0. The number of thiocarbonyl (C=S) groups is 1. The van der Waals surface area contributed by atoms with Gasteiger partial charge in [0.1, 0.15) is 17.2 Å². The summed E-state index contributed by atoms with van der Waals surface area (Å²) in [6, 6.07) is 11.2. The molecule has 0 aliphatic carbocycles. The topological polar surface area (TPSA) is 103 Å². The molecule has 2 rings (SSSR count). The normalized spacial score (nSPS) is 10.1. The Labute approximate surface area is 171 Å². The molecule has 0 spiro atoms. The number of carbonyl (C=O) groups excluding carboxylic acids is 1. The van der Waals surface area contributed by atoms with Gasteiger partial charge in [0, 0.05) is 11.4 Å². The maximum atomic E-state index is 12.0. The summed E-state index contributed by atoms with van der Waals surface area (Å²) in [5.41, 5.74) is -0.0607. The summed E-state index contributed by atoms with van der Waals surface area (Å²) in [7, 11) is 1.41. The number of nitrogens with one attached hydrogen (secondary N) is 2. The molecule has 0 aromatic heterocycles. The Balaban J connectivity index is 1.78. The molecule has 28 heavy (non-hydrogen) atoms. The fourth-order valence-electron chi connectivity index (χ4n) is 2.19. The van der Waals surface area contributed by atoms with Gasteiger partial charge in [0.15, 0.2) is 5.11 Å². The minimum absolute atomic E-state index is 0.0307. The van der Waals surface area contributed by atoms with Crippen molar-refractivity contribution < 1.29 is 19.2 Å². The van der Waals surface area contributed by atoms with E-state index in [1.165, 1.54) is 19.2 Å². The molecule has 2 aromatic carbocycles. The second-order valence-corrected chi connectivity index (χ2v) is 6.39. The van der Waals surface area contributed by atoms with Gasteiger partial charge in [-0.25, -0.2) is 0 Å². The number of ether oxygens (including phenoxy) is 2. The summed E-state index contributed by atoms with van der Waals surface area (Å²) >= 11 is 10.8. The Kier molecular flexibility index (Phi) is 7.97. The van der Waals surface area contributed by atoms with Gasteiger partial charge in [-0.3, -0.25) is 14.9 Å². The van der Waals surface area contributed by atoms with Gasteiger partial charge in [0.25, 0.3) is 5.69 Å². The summed E-state index contributed by atoms with van der Waals surface area (Å²) in [6.07, 6.45) is 0.653. The van der Waals surface area contributed by atoms with E-state index in [9.17, 15) is 14.9 Å². The number of nitrogens with zero attached hydrogens (tertiary/aromatic N) is 1. The van der Waals surface area contributed by atoms with Crippen LogP contribution in [-0.2, 0) is 4.79 Å². The van der Waals surface area contributed by atoms with Crippen molar-refractivity contribution in [2.24, 2.45) is 0 Å². The number of carbonyl (C=O) groups is 1. The predicted octanol–water partition coefficient (Wildman–Crippen LogP) is 3.93. The number of anilines is 1. The molecule has 0 atom stereocenters. The van der Waals surface area contributed by atoms with Crippen molar-refractivity contribution in [3.05, 3.63) is 57.6 Å². The van der Waals surface area contributed by atoms with Crippen LogP contribution in [0.4, 0.5) is 11.4 Å². The molecular weight excluding hydrogens is 406 g/mol. The number of hydrogen-bond donors (Lipinski definition) is 2. The molecule has 0 bridgehead atoms. The van der Waals surface area contributed by atoms with Crippen LogP contribution in [-0.4, -0.2) is 29.7 Å². The molecule has 10 heteroatoms. The van der Waals surface area contributed by atoms with E-state index in [1.807, 2.05) is 0 Å². The van der Waals surface area contributed by atoms with E-state index < -0.39 is 4.92 Å². The van der Waals surface area contributed by atoms with Crippen LogP contribution in [0.25, 0.3) is 0 Å². The summed E-state index contributed by atoms with van der Waals surface area (Å²) < 4.78 is 10.5. The van der Waals surface area contributed by atoms with Crippen molar-refractivity contribution in [1.82, 2.24) is 5.32 Å². The highest BCUT2D eigenvalue weighted by molar-refractivity contribution is 7.80. The molecule has 0 radical (unpaired) electrons. The highest BCUT2D eigenvalue weighted by Crippen LogP contribution is 2.28. The highest BCUT2D eigenvalue weighted by Gasteiger charge is 2.16. The molecular formula is C18H18ClN3O5S. The van der Waals surface area contributed by atoms with Crippen LogP contribution in [0.2, 0.25) is 5.02 Å². The number of hydrogen-bond acceptors (Lipinski definition) is 6. The number of halogens is 1. The number of methoxy groups -OCH3 is 1. The monoisotopic (exact) mass is 423 g/mol. The summed E-state index contributed by atoms with van der Waals surface area (Å²) in [5, 5.41) is 16.9. The SMILES string of the molecule is COc1ccc(NC(=S)NC(=O)CCCOc2ccc(Cl)cc2)c([N+](=O)[O-])c1. The third-order valence-corrected chi connectivity index (χ3v) is 3.99. The lowest BCUT2D eigenvalue weighted by atomic mass is 10.2. The summed E-state index contributed by atoms with van der Waals surface area (Å²) in [4.78, 5) is 22.5. The summed E-state index contributed by atoms with van der Waals surface area (Å²) in [6.45, 7) is 0.346. The molecule has 2 N–H and O–H groups in total. The van der Waals surface area contributed by atoms with E-state index in [0.717, 1.165) is 0 Å². The highest BCUT2D eigenvalue weighted by atomic mass is 35.5. The van der Waals surface area contributed by atoms with E-state index in [-0.39, 0.29) is 28.8 Å². The van der Waals surface area contributed by atoms with Gasteiger partial charge >= 0.3 is 0 Å². The standard InChI is InChI=1S/C18H18ClN3O5S/c1-26-14-8-9-15(16(11-14)22(24)25)20-18(28)21-17(23)3-2-10-27-13-6-4-12(19)5-7-13/h4-9,11H,2-3,10H2,1H3,(H2,20,21,23,28). The van der Waals surface area contributed by atoms with Gasteiger partial charge in [-0.15, -0.1) is 0 Å². The molecule has 0 aliphatic rings. The average molecular weight is 424 g/mol. The first kappa shape index (κ1) is 21.4. The van der Waals surface area contributed by atoms with E-state index in [0.29, 0.717) is 29.5 Å². The van der Waals surface area contributed by atoms with Gasteiger partial charge in [-0.05, 0) is 55.0 Å². The van der Waals surface area contributed by atoms with Crippen molar-refractivity contribution in [2.75, 3.05) is 19.0 Å². The van der Waals surface area contributed by atoms with E-state index in [1.54, 1.807) is 30.3 Å². The minimum atomic E-state index is -0.566. The minimum Gasteiger partial charge on any atom is -0.496 e. The largest absolute Gasteiger partial charge is 0.496 e. The third-order valence-electron chi connectivity index (χ3n) is 3.53. The van der Waals surface area contributed by atoms with Crippen LogP contribution < -0.4 is 20.1 Å². The molecule has 1 amide bonds. The van der Waals surface area contributed by atoms with E-state index >= 15 is 0 Å². The van der Waals surface area contributed by atoms with Crippen molar-refractivity contribution in [3.8, 4) is 11.5 Å². The zero-order chi connectivity index (χ0) is 20.5. The zero-order valence-corrected chi connectivity index (χ0v) is 16.5. The molecule has 2 aromatic rings. The van der Waals surface area contributed by atoms with Crippen LogP contribution in [0.15, 0.2) is 42.5 Å². The first-order valence-electron chi connectivity index (χ1n) is 8.20. The van der Waals surface area contributed by atoms with Gasteiger partial charge < -0.3 is 20.1 Å². The van der Waals surface area contributed by atoms with E-state index in [2.05, 4.69) is 10.6 Å². The van der Waals surface area contributed by atoms with Crippen molar-refractivity contribution >= 4 is 46.2 Å². The fourth-order valence-corrected chi connectivity index (χ4v) is 2.54. The fraction of sp³-hybridized carbons (Fsp3) is 0.222. The molecule has 0 fully saturated rings. The Morgan fingerprint density at radius 1 is 1.21 bits per heavy atom. The Morgan fingerprint density at radius 3 is 2.54 bits per heavy atom. The molecule has 0 heterocycles. The van der Waals surface area contributed by atoms with Gasteiger partial charge in [-0.2, -0.15) is 0 Å². The average Bonchev–Trinajstić information content (AvgIpc) is 2.66.